The number of carbonyl (C=O) groups is 2. The van der Waals surface area contributed by atoms with E-state index in [-0.39, 0.29) is 30.6 Å². The minimum Gasteiger partial charge on any atom is -0.426 e. The summed E-state index contributed by atoms with van der Waals surface area (Å²) in [5, 5.41) is 3.88. The molecule has 23 heavy (non-hydrogen) atoms. The molecule has 4 nitrogen and oxygen atoms in total. The lowest BCUT2D eigenvalue weighted by atomic mass is 9.89. The normalized spacial score (nSPS) is 16.4. The lowest BCUT2D eigenvalue weighted by molar-refractivity contribution is -0.136. The fraction of sp³-hybridized carbons (Fsp3) is 0.176. The number of benzene rings is 2. The van der Waals surface area contributed by atoms with Gasteiger partial charge in [0.15, 0.2) is 0 Å². The van der Waals surface area contributed by atoms with Gasteiger partial charge in [-0.25, -0.2) is 0 Å². The van der Waals surface area contributed by atoms with Crippen molar-refractivity contribution in [2.75, 3.05) is 5.32 Å². The number of fused-ring (bicyclic) bond motifs is 1. The molecule has 0 saturated heterocycles. The molecule has 0 spiro atoms. The molecule has 1 unspecified atom stereocenters. The highest BCUT2D eigenvalue weighted by Crippen LogP contribution is 2.40. The molecule has 1 amide bonds. The van der Waals surface area contributed by atoms with Crippen LogP contribution >= 0.6 is 23.2 Å². The van der Waals surface area contributed by atoms with Gasteiger partial charge in [0.05, 0.1) is 6.42 Å². The van der Waals surface area contributed by atoms with Crippen molar-refractivity contribution in [1.82, 2.24) is 0 Å². The number of nitrogens with one attached hydrogen (secondary N) is 1. The van der Waals surface area contributed by atoms with Crippen LogP contribution in [0.5, 0.6) is 5.75 Å². The van der Waals surface area contributed by atoms with Crippen molar-refractivity contribution in [3.05, 3.63) is 58.1 Å². The average Bonchev–Trinajstić information content (AvgIpc) is 2.49. The maximum Gasteiger partial charge on any atom is 0.311 e. The van der Waals surface area contributed by atoms with Gasteiger partial charge in [-0.3, -0.25) is 9.59 Å². The van der Waals surface area contributed by atoms with Crippen LogP contribution in [-0.4, -0.2) is 11.9 Å². The monoisotopic (exact) mass is 349 g/mol. The summed E-state index contributed by atoms with van der Waals surface area (Å²) in [4.78, 5) is 24.0. The Kier molecular flexibility index (Phi) is 4.55. The number of amides is 1. The first-order valence-corrected chi connectivity index (χ1v) is 7.83. The summed E-state index contributed by atoms with van der Waals surface area (Å²) in [5.74, 6) is -0.424. The van der Waals surface area contributed by atoms with E-state index < -0.39 is 0 Å². The van der Waals surface area contributed by atoms with Crippen LogP contribution in [0.1, 0.15) is 24.3 Å². The third-order valence-electron chi connectivity index (χ3n) is 3.62. The molecular weight excluding hydrogens is 337 g/mol. The lowest BCUT2D eigenvalue weighted by Gasteiger charge is -2.25. The van der Waals surface area contributed by atoms with Crippen molar-refractivity contribution in [1.29, 1.82) is 0 Å². The van der Waals surface area contributed by atoms with Crippen LogP contribution in [0, 0.1) is 0 Å². The molecule has 1 aliphatic heterocycles. The first kappa shape index (κ1) is 15.8. The van der Waals surface area contributed by atoms with Gasteiger partial charge in [0.1, 0.15) is 5.75 Å². The van der Waals surface area contributed by atoms with Gasteiger partial charge >= 0.3 is 5.97 Å². The molecule has 1 heterocycles. The van der Waals surface area contributed by atoms with Gasteiger partial charge in [-0.2, -0.15) is 0 Å². The second kappa shape index (κ2) is 6.60. The van der Waals surface area contributed by atoms with E-state index in [2.05, 4.69) is 5.32 Å². The third-order valence-corrected chi connectivity index (χ3v) is 4.20. The van der Waals surface area contributed by atoms with Crippen LogP contribution < -0.4 is 10.1 Å². The van der Waals surface area contributed by atoms with Crippen molar-refractivity contribution in [3.63, 3.8) is 0 Å². The second-order valence-electron chi connectivity index (χ2n) is 5.29. The number of esters is 1. The molecule has 0 bridgehead atoms. The zero-order chi connectivity index (χ0) is 16.4. The summed E-state index contributed by atoms with van der Waals surface area (Å²) in [7, 11) is 0. The molecule has 1 aliphatic rings. The number of halogens is 2. The van der Waals surface area contributed by atoms with E-state index >= 15 is 0 Å². The van der Waals surface area contributed by atoms with E-state index in [4.69, 9.17) is 27.9 Å². The molecule has 2 aromatic rings. The van der Waals surface area contributed by atoms with Crippen molar-refractivity contribution >= 4 is 40.8 Å². The Labute approximate surface area is 143 Å². The molecule has 0 aliphatic carbocycles. The number of carbonyl (C=O) groups excluding carboxylic acids is 2. The standard InChI is InChI=1S/C17H13Cl2NO3/c18-11-4-6-12(7-5-11)20-15(21)8-10-9-16(22)23-14-3-1-2-13(19)17(10)14/h1-7,10H,8-9H2,(H,20,21). The predicted molar refractivity (Wildman–Crippen MR) is 89.1 cm³/mol. The lowest BCUT2D eigenvalue weighted by Crippen LogP contribution is -2.24. The Morgan fingerprint density at radius 2 is 1.91 bits per heavy atom. The maximum atomic E-state index is 12.3. The maximum absolute atomic E-state index is 12.3. The molecule has 3 rings (SSSR count). The highest BCUT2D eigenvalue weighted by Gasteiger charge is 2.30. The predicted octanol–water partition coefficient (Wildman–Crippen LogP) is 4.41. The quantitative estimate of drug-likeness (QED) is 0.659. The first-order chi connectivity index (χ1) is 11.0. The van der Waals surface area contributed by atoms with Crippen molar-refractivity contribution in [3.8, 4) is 5.75 Å². The zero-order valence-electron chi connectivity index (χ0n) is 12.0. The Hall–Kier alpha value is -2.04. The van der Waals surface area contributed by atoms with Crippen LogP contribution in [0.25, 0.3) is 0 Å². The van der Waals surface area contributed by atoms with Crippen LogP contribution in [-0.2, 0) is 9.59 Å². The summed E-state index contributed by atoms with van der Waals surface area (Å²) in [6.45, 7) is 0. The summed E-state index contributed by atoms with van der Waals surface area (Å²) >= 11 is 12.0. The summed E-state index contributed by atoms with van der Waals surface area (Å²) in [6, 6.07) is 12.0. The zero-order valence-corrected chi connectivity index (χ0v) is 13.5. The largest absolute Gasteiger partial charge is 0.426 e. The van der Waals surface area contributed by atoms with Crippen LogP contribution in [0.15, 0.2) is 42.5 Å². The Balaban J connectivity index is 1.76. The molecule has 0 fully saturated rings. The molecule has 6 heteroatoms. The van der Waals surface area contributed by atoms with E-state index in [9.17, 15) is 9.59 Å². The van der Waals surface area contributed by atoms with Gasteiger partial charge in [-0.15, -0.1) is 0 Å². The van der Waals surface area contributed by atoms with Gasteiger partial charge in [-0.05, 0) is 36.4 Å². The minimum absolute atomic E-state index is 0.130. The van der Waals surface area contributed by atoms with E-state index in [0.717, 1.165) is 0 Å². The van der Waals surface area contributed by atoms with Gasteiger partial charge < -0.3 is 10.1 Å². The molecule has 0 saturated carbocycles. The number of ether oxygens (including phenoxy) is 1. The number of rotatable bonds is 3. The van der Waals surface area contributed by atoms with Crippen molar-refractivity contribution < 1.29 is 14.3 Å². The van der Waals surface area contributed by atoms with E-state index in [1.54, 1.807) is 42.5 Å². The van der Waals surface area contributed by atoms with Crippen molar-refractivity contribution in [2.45, 2.75) is 18.8 Å². The fourth-order valence-corrected chi connectivity index (χ4v) is 3.06. The average molecular weight is 350 g/mol. The molecule has 118 valence electrons. The fourth-order valence-electron chi connectivity index (χ4n) is 2.61. The summed E-state index contributed by atoms with van der Waals surface area (Å²) in [5.41, 5.74) is 1.36. The molecule has 2 aromatic carbocycles. The Bertz CT molecular complexity index is 759. The van der Waals surface area contributed by atoms with E-state index in [1.165, 1.54) is 0 Å². The van der Waals surface area contributed by atoms with Gasteiger partial charge in [0.2, 0.25) is 5.91 Å². The first-order valence-electron chi connectivity index (χ1n) is 7.07. The van der Waals surface area contributed by atoms with E-state index in [1.807, 2.05) is 0 Å². The van der Waals surface area contributed by atoms with Crippen LogP contribution in [0.3, 0.4) is 0 Å². The van der Waals surface area contributed by atoms with Crippen LogP contribution in [0.4, 0.5) is 5.69 Å². The molecule has 0 radical (unpaired) electrons. The minimum atomic E-state index is -0.357. The highest BCUT2D eigenvalue weighted by molar-refractivity contribution is 6.31. The van der Waals surface area contributed by atoms with Crippen molar-refractivity contribution in [2.24, 2.45) is 0 Å². The Morgan fingerprint density at radius 3 is 2.65 bits per heavy atom. The molecular formula is C17H13Cl2NO3. The van der Waals surface area contributed by atoms with Gasteiger partial charge in [0, 0.05) is 33.6 Å². The van der Waals surface area contributed by atoms with E-state index in [0.29, 0.717) is 27.0 Å². The third kappa shape index (κ3) is 3.66. The topological polar surface area (TPSA) is 55.4 Å². The number of hydrogen-bond acceptors (Lipinski definition) is 3. The molecule has 1 atom stereocenters. The number of anilines is 1. The smallest absolute Gasteiger partial charge is 0.311 e. The Morgan fingerprint density at radius 1 is 1.17 bits per heavy atom. The second-order valence-corrected chi connectivity index (χ2v) is 6.13. The SMILES string of the molecule is O=C(CC1CC(=O)Oc2cccc(Cl)c21)Nc1ccc(Cl)cc1. The summed E-state index contributed by atoms with van der Waals surface area (Å²) in [6.07, 6.45) is 0.277. The van der Waals surface area contributed by atoms with Crippen LogP contribution in [0.2, 0.25) is 10.0 Å². The van der Waals surface area contributed by atoms with Gasteiger partial charge in [0.25, 0.3) is 0 Å². The molecule has 0 aromatic heterocycles. The van der Waals surface area contributed by atoms with Gasteiger partial charge in [-0.1, -0.05) is 29.3 Å². The summed E-state index contributed by atoms with van der Waals surface area (Å²) < 4.78 is 5.19. The number of hydrogen-bond donors (Lipinski definition) is 1. The highest BCUT2D eigenvalue weighted by atomic mass is 35.5. The molecule has 1 N–H and O–H groups in total.